The molecule has 0 aliphatic carbocycles. The summed E-state index contributed by atoms with van der Waals surface area (Å²) in [7, 11) is 0. The molecule has 0 aromatic heterocycles. The molecule has 1 aliphatic heterocycles. The third-order valence-electron chi connectivity index (χ3n) is 4.43. The lowest BCUT2D eigenvalue weighted by Crippen LogP contribution is -2.38. The number of ether oxygens (including phenoxy) is 2. The van der Waals surface area contributed by atoms with Gasteiger partial charge in [0.1, 0.15) is 5.75 Å². The molecule has 5 heteroatoms. The Labute approximate surface area is 153 Å². The minimum Gasteiger partial charge on any atom is -0.493 e. The van der Waals surface area contributed by atoms with Crippen LogP contribution in [0, 0.1) is 6.92 Å². The van der Waals surface area contributed by atoms with Gasteiger partial charge < -0.3 is 14.4 Å². The van der Waals surface area contributed by atoms with Crippen LogP contribution < -0.4 is 9.64 Å². The van der Waals surface area contributed by atoms with Crippen molar-refractivity contribution in [3.8, 4) is 5.75 Å². The van der Waals surface area contributed by atoms with Gasteiger partial charge in [-0.05, 0) is 43.0 Å². The Bertz CT molecular complexity index is 787. The smallest absolute Gasteiger partial charge is 0.309 e. The molecule has 26 heavy (non-hydrogen) atoms. The van der Waals surface area contributed by atoms with Gasteiger partial charge in [0.25, 0.3) is 5.91 Å². The molecule has 136 valence electrons. The number of rotatable bonds is 6. The fraction of sp³-hybridized carbons (Fsp3) is 0.333. The average molecular weight is 353 g/mol. The van der Waals surface area contributed by atoms with E-state index in [-0.39, 0.29) is 25.5 Å². The number of aryl methyl sites for hydroxylation is 2. The lowest BCUT2D eigenvalue weighted by molar-refractivity contribution is -0.148. The highest BCUT2D eigenvalue weighted by Crippen LogP contribution is 2.26. The predicted octanol–water partition coefficient (Wildman–Crippen LogP) is 3.29. The molecule has 0 saturated heterocycles. The Morgan fingerprint density at radius 1 is 1.08 bits per heavy atom. The number of para-hydroxylation sites is 2. The third kappa shape index (κ3) is 4.42. The largest absolute Gasteiger partial charge is 0.493 e. The lowest BCUT2D eigenvalue weighted by Gasteiger charge is -2.29. The van der Waals surface area contributed by atoms with Gasteiger partial charge in [-0.25, -0.2) is 0 Å². The molecule has 0 unspecified atom stereocenters. The van der Waals surface area contributed by atoms with Gasteiger partial charge in [0.2, 0.25) is 0 Å². The van der Waals surface area contributed by atoms with E-state index in [0.29, 0.717) is 6.54 Å². The van der Waals surface area contributed by atoms with Crippen molar-refractivity contribution in [2.75, 3.05) is 24.7 Å². The fourth-order valence-electron chi connectivity index (χ4n) is 3.05. The standard InChI is InChI=1S/C21H23NO4/c1-16-7-2-5-11-19(16)25-14-12-21(24)26-15-20(23)22-13-6-9-17-8-3-4-10-18(17)22/h2-5,7-8,10-11H,6,9,12-15H2,1H3. The predicted molar refractivity (Wildman–Crippen MR) is 99.4 cm³/mol. The molecule has 0 fully saturated rings. The summed E-state index contributed by atoms with van der Waals surface area (Å²) >= 11 is 0. The zero-order valence-electron chi connectivity index (χ0n) is 14.9. The van der Waals surface area contributed by atoms with Crippen LogP contribution >= 0.6 is 0 Å². The number of nitrogens with zero attached hydrogens (tertiary/aromatic N) is 1. The number of esters is 1. The zero-order valence-corrected chi connectivity index (χ0v) is 14.9. The molecule has 0 N–H and O–H groups in total. The van der Waals surface area contributed by atoms with Crippen LogP contribution in [0.4, 0.5) is 5.69 Å². The van der Waals surface area contributed by atoms with Crippen LogP contribution in [0.1, 0.15) is 24.0 Å². The first-order valence-corrected chi connectivity index (χ1v) is 8.87. The van der Waals surface area contributed by atoms with Crippen LogP contribution in [0.5, 0.6) is 5.75 Å². The summed E-state index contributed by atoms with van der Waals surface area (Å²) in [5, 5.41) is 0. The van der Waals surface area contributed by atoms with E-state index in [4.69, 9.17) is 9.47 Å². The van der Waals surface area contributed by atoms with E-state index in [1.54, 1.807) is 4.90 Å². The Hall–Kier alpha value is -2.82. The Balaban J connectivity index is 1.45. The van der Waals surface area contributed by atoms with Crippen molar-refractivity contribution in [3.05, 3.63) is 59.7 Å². The minimum atomic E-state index is -0.433. The molecular weight excluding hydrogens is 330 g/mol. The summed E-state index contributed by atoms with van der Waals surface area (Å²) in [6.45, 7) is 2.59. The number of benzene rings is 2. The normalized spacial score (nSPS) is 13.0. The van der Waals surface area contributed by atoms with Gasteiger partial charge in [0, 0.05) is 12.2 Å². The topological polar surface area (TPSA) is 55.8 Å². The van der Waals surface area contributed by atoms with Gasteiger partial charge in [0.15, 0.2) is 6.61 Å². The van der Waals surface area contributed by atoms with Crippen molar-refractivity contribution in [1.82, 2.24) is 0 Å². The Morgan fingerprint density at radius 2 is 1.85 bits per heavy atom. The quantitative estimate of drug-likeness (QED) is 0.748. The molecule has 1 amide bonds. The van der Waals surface area contributed by atoms with Crippen LogP contribution in [0.3, 0.4) is 0 Å². The second-order valence-corrected chi connectivity index (χ2v) is 6.30. The fourth-order valence-corrected chi connectivity index (χ4v) is 3.05. The highest BCUT2D eigenvalue weighted by molar-refractivity contribution is 5.96. The van der Waals surface area contributed by atoms with Crippen molar-refractivity contribution >= 4 is 17.6 Å². The van der Waals surface area contributed by atoms with Crippen LogP contribution in [0.25, 0.3) is 0 Å². The minimum absolute atomic E-state index is 0.109. The molecule has 1 heterocycles. The molecule has 0 atom stereocenters. The van der Waals surface area contributed by atoms with Crippen LogP contribution in [-0.4, -0.2) is 31.6 Å². The van der Waals surface area contributed by atoms with Crippen LogP contribution in [0.15, 0.2) is 48.5 Å². The SMILES string of the molecule is Cc1ccccc1OCCC(=O)OCC(=O)N1CCCc2ccccc21. The summed E-state index contributed by atoms with van der Waals surface area (Å²) in [5.41, 5.74) is 3.09. The maximum Gasteiger partial charge on any atom is 0.309 e. The summed E-state index contributed by atoms with van der Waals surface area (Å²) in [6, 6.07) is 15.5. The summed E-state index contributed by atoms with van der Waals surface area (Å²) in [6.07, 6.45) is 2.00. The van der Waals surface area contributed by atoms with Crippen molar-refractivity contribution < 1.29 is 19.1 Å². The number of carbonyl (C=O) groups is 2. The van der Waals surface area contributed by atoms with E-state index in [1.807, 2.05) is 55.5 Å². The van der Waals surface area contributed by atoms with E-state index in [2.05, 4.69) is 0 Å². The number of fused-ring (bicyclic) bond motifs is 1. The zero-order chi connectivity index (χ0) is 18.4. The lowest BCUT2D eigenvalue weighted by atomic mass is 10.0. The number of anilines is 1. The molecule has 2 aromatic carbocycles. The van der Waals surface area contributed by atoms with Crippen molar-refractivity contribution in [2.45, 2.75) is 26.2 Å². The number of carbonyl (C=O) groups excluding carboxylic acids is 2. The summed E-state index contributed by atoms with van der Waals surface area (Å²) < 4.78 is 10.7. The molecule has 0 spiro atoms. The molecule has 3 rings (SSSR count). The highest BCUT2D eigenvalue weighted by Gasteiger charge is 2.22. The van der Waals surface area contributed by atoms with Gasteiger partial charge in [-0.1, -0.05) is 36.4 Å². The van der Waals surface area contributed by atoms with E-state index in [0.717, 1.165) is 35.4 Å². The Kier molecular flexibility index (Phi) is 5.89. The highest BCUT2D eigenvalue weighted by atomic mass is 16.5. The second kappa shape index (κ2) is 8.52. The van der Waals surface area contributed by atoms with Crippen molar-refractivity contribution in [3.63, 3.8) is 0 Å². The summed E-state index contributed by atoms with van der Waals surface area (Å²) in [4.78, 5) is 26.0. The van der Waals surface area contributed by atoms with E-state index in [1.165, 1.54) is 0 Å². The molecule has 0 radical (unpaired) electrons. The van der Waals surface area contributed by atoms with E-state index >= 15 is 0 Å². The summed E-state index contributed by atoms with van der Waals surface area (Å²) in [5.74, 6) is 0.129. The van der Waals surface area contributed by atoms with Gasteiger partial charge >= 0.3 is 5.97 Å². The molecular formula is C21H23NO4. The van der Waals surface area contributed by atoms with Crippen molar-refractivity contribution in [1.29, 1.82) is 0 Å². The van der Waals surface area contributed by atoms with Gasteiger partial charge in [-0.2, -0.15) is 0 Å². The van der Waals surface area contributed by atoms with E-state index < -0.39 is 5.97 Å². The third-order valence-corrected chi connectivity index (χ3v) is 4.43. The van der Waals surface area contributed by atoms with Crippen LogP contribution in [-0.2, 0) is 20.7 Å². The number of amides is 1. The molecule has 2 aromatic rings. The van der Waals surface area contributed by atoms with Crippen molar-refractivity contribution in [2.24, 2.45) is 0 Å². The molecule has 0 saturated carbocycles. The van der Waals surface area contributed by atoms with Gasteiger partial charge in [0.05, 0.1) is 13.0 Å². The maximum absolute atomic E-state index is 12.4. The van der Waals surface area contributed by atoms with E-state index in [9.17, 15) is 9.59 Å². The maximum atomic E-state index is 12.4. The molecule has 0 bridgehead atoms. The number of hydrogen-bond acceptors (Lipinski definition) is 4. The first-order chi connectivity index (χ1) is 12.6. The molecule has 1 aliphatic rings. The molecule has 5 nitrogen and oxygen atoms in total. The first kappa shape index (κ1) is 18.0. The average Bonchev–Trinajstić information content (AvgIpc) is 2.67. The Morgan fingerprint density at radius 3 is 2.69 bits per heavy atom. The van der Waals surface area contributed by atoms with Gasteiger partial charge in [-0.3, -0.25) is 9.59 Å². The van der Waals surface area contributed by atoms with Gasteiger partial charge in [-0.15, -0.1) is 0 Å². The first-order valence-electron chi connectivity index (χ1n) is 8.87. The monoisotopic (exact) mass is 353 g/mol. The van der Waals surface area contributed by atoms with Crippen LogP contribution in [0.2, 0.25) is 0 Å². The second-order valence-electron chi connectivity index (χ2n) is 6.30. The number of hydrogen-bond donors (Lipinski definition) is 0.